The lowest BCUT2D eigenvalue weighted by Crippen LogP contribution is -2.12. The van der Waals surface area contributed by atoms with Gasteiger partial charge in [-0.2, -0.15) is 0 Å². The molecule has 1 aromatic heterocycles. The summed E-state index contributed by atoms with van der Waals surface area (Å²) in [5.74, 6) is -0.413. The van der Waals surface area contributed by atoms with Crippen LogP contribution in [-0.2, 0) is 6.42 Å². The summed E-state index contributed by atoms with van der Waals surface area (Å²) < 4.78 is 3.32. The highest BCUT2D eigenvalue weighted by Crippen LogP contribution is 2.38. The number of amides is 1. The normalized spacial score (nSPS) is 12.5. The number of benzene rings is 2. The van der Waals surface area contributed by atoms with E-state index in [1.165, 1.54) is 5.69 Å². The van der Waals surface area contributed by atoms with E-state index < -0.39 is 5.91 Å². The van der Waals surface area contributed by atoms with Crippen molar-refractivity contribution in [3.63, 3.8) is 0 Å². The van der Waals surface area contributed by atoms with Gasteiger partial charge in [-0.1, -0.05) is 65.7 Å². The van der Waals surface area contributed by atoms with Crippen LogP contribution >= 0.6 is 31.9 Å². The fraction of sp³-hybridized carbons (Fsp3) is 0.211. The molecule has 0 aliphatic carbocycles. The lowest BCUT2D eigenvalue weighted by atomic mass is 10.1. The molecule has 0 radical (unpaired) electrons. The maximum absolute atomic E-state index is 11.6. The van der Waals surface area contributed by atoms with E-state index in [9.17, 15) is 4.79 Å². The van der Waals surface area contributed by atoms with Gasteiger partial charge in [-0.25, -0.2) is 0 Å². The number of nitrogens with two attached hydrogens (primary N) is 1. The Labute approximate surface area is 158 Å². The molecule has 0 spiro atoms. The first-order valence-electron chi connectivity index (χ1n) is 7.85. The number of rotatable bonds is 5. The largest absolute Gasteiger partial charge is 0.366 e. The molecule has 124 valence electrons. The number of hydrogen-bond donors (Lipinski definition) is 1. The topological polar surface area (TPSA) is 48.0 Å². The van der Waals surface area contributed by atoms with Gasteiger partial charge in [0.2, 0.25) is 5.91 Å². The monoisotopic (exact) mass is 448 g/mol. The zero-order valence-electron chi connectivity index (χ0n) is 13.3. The number of hydrogen-bond acceptors (Lipinski definition) is 1. The van der Waals surface area contributed by atoms with E-state index >= 15 is 0 Å². The molecule has 0 saturated heterocycles. The highest BCUT2D eigenvalue weighted by Gasteiger charge is 2.21. The van der Waals surface area contributed by atoms with Gasteiger partial charge < -0.3 is 10.3 Å². The molecule has 3 nitrogen and oxygen atoms in total. The van der Waals surface area contributed by atoms with Crippen molar-refractivity contribution in [3.05, 3.63) is 69.8 Å². The molecule has 2 aromatic carbocycles. The van der Waals surface area contributed by atoms with Gasteiger partial charge in [0.05, 0.1) is 5.52 Å². The Morgan fingerprint density at radius 2 is 1.92 bits per heavy atom. The third-order valence-electron chi connectivity index (χ3n) is 4.11. The molecule has 5 heteroatoms. The summed E-state index contributed by atoms with van der Waals surface area (Å²) in [6.45, 7) is 2.16. The summed E-state index contributed by atoms with van der Waals surface area (Å²) in [5, 5.41) is 1.09. The van der Waals surface area contributed by atoms with E-state index in [0.717, 1.165) is 33.8 Å². The third-order valence-corrected chi connectivity index (χ3v) is 5.93. The smallest absolute Gasteiger partial charge is 0.248 e. The second-order valence-electron chi connectivity index (χ2n) is 5.72. The summed E-state index contributed by atoms with van der Waals surface area (Å²) in [7, 11) is 0. The van der Waals surface area contributed by atoms with E-state index in [-0.39, 0.29) is 4.95 Å². The maximum atomic E-state index is 11.6. The number of carbonyl (C=O) groups excluding carboxylic acids is 1. The van der Waals surface area contributed by atoms with Crippen LogP contribution < -0.4 is 5.73 Å². The fourth-order valence-corrected chi connectivity index (χ4v) is 4.46. The standard InChI is InChI=1S/C19H18Br2N2O/c1-2-6-15-17(20)14-10-9-13(19(22)24)11-16(14)23(15)18(21)12-7-4-3-5-8-12/h3-5,7-11,18H,2,6H2,1H3,(H2,22,24). The van der Waals surface area contributed by atoms with Crippen LogP contribution in [0.4, 0.5) is 0 Å². The Hall–Kier alpha value is -1.59. The van der Waals surface area contributed by atoms with Crippen LogP contribution in [-0.4, -0.2) is 10.5 Å². The second kappa shape index (κ2) is 7.11. The zero-order valence-corrected chi connectivity index (χ0v) is 16.5. The van der Waals surface area contributed by atoms with E-state index in [4.69, 9.17) is 5.73 Å². The Balaban J connectivity index is 2.28. The molecular weight excluding hydrogens is 432 g/mol. The van der Waals surface area contributed by atoms with Crippen LogP contribution in [0.2, 0.25) is 0 Å². The number of fused-ring (bicyclic) bond motifs is 1. The molecule has 1 atom stereocenters. The molecule has 0 fully saturated rings. The molecule has 3 rings (SSSR count). The summed E-state index contributed by atoms with van der Waals surface area (Å²) in [5.41, 5.74) is 9.35. The van der Waals surface area contributed by atoms with Crippen molar-refractivity contribution < 1.29 is 4.79 Å². The van der Waals surface area contributed by atoms with Crippen LogP contribution in [0.3, 0.4) is 0 Å². The lowest BCUT2D eigenvalue weighted by Gasteiger charge is -2.18. The summed E-state index contributed by atoms with van der Waals surface area (Å²) in [4.78, 5) is 11.6. The van der Waals surface area contributed by atoms with Gasteiger partial charge >= 0.3 is 0 Å². The Bertz CT molecular complexity index is 887. The zero-order chi connectivity index (χ0) is 17.3. The van der Waals surface area contributed by atoms with Crippen molar-refractivity contribution in [2.24, 2.45) is 5.73 Å². The molecule has 0 aliphatic heterocycles. The Kier molecular flexibility index (Phi) is 5.11. The fourth-order valence-electron chi connectivity index (χ4n) is 2.96. The average molecular weight is 450 g/mol. The molecule has 24 heavy (non-hydrogen) atoms. The maximum Gasteiger partial charge on any atom is 0.248 e. The minimum absolute atomic E-state index is 0.0165. The van der Waals surface area contributed by atoms with Crippen LogP contribution in [0.5, 0.6) is 0 Å². The molecular formula is C19H18Br2N2O. The molecule has 1 unspecified atom stereocenters. The number of alkyl halides is 1. The Morgan fingerprint density at radius 3 is 2.54 bits per heavy atom. The first-order chi connectivity index (χ1) is 11.5. The molecule has 1 amide bonds. The first kappa shape index (κ1) is 17.2. The number of carbonyl (C=O) groups is 1. The van der Waals surface area contributed by atoms with Crippen LogP contribution in [0.25, 0.3) is 10.9 Å². The molecule has 2 N–H and O–H groups in total. The van der Waals surface area contributed by atoms with Gasteiger partial charge in [-0.3, -0.25) is 4.79 Å². The first-order valence-corrected chi connectivity index (χ1v) is 9.56. The second-order valence-corrected chi connectivity index (χ2v) is 7.38. The number of primary amides is 1. The molecule has 1 heterocycles. The minimum Gasteiger partial charge on any atom is -0.366 e. The number of halogens is 2. The third kappa shape index (κ3) is 3.03. The van der Waals surface area contributed by atoms with Gasteiger partial charge in [-0.15, -0.1) is 0 Å². The van der Waals surface area contributed by atoms with Crippen molar-refractivity contribution in [3.8, 4) is 0 Å². The average Bonchev–Trinajstić information content (AvgIpc) is 2.87. The minimum atomic E-state index is -0.413. The Morgan fingerprint density at radius 1 is 1.21 bits per heavy atom. The van der Waals surface area contributed by atoms with Crippen LogP contribution in [0.15, 0.2) is 53.0 Å². The van der Waals surface area contributed by atoms with Gasteiger partial charge in [-0.05, 0) is 40.0 Å². The SMILES string of the molecule is CCCc1c(Br)c2ccc(C(N)=O)cc2n1C(Br)c1ccccc1. The van der Waals surface area contributed by atoms with Crippen molar-refractivity contribution in [1.29, 1.82) is 0 Å². The van der Waals surface area contributed by atoms with E-state index in [0.29, 0.717) is 5.56 Å². The van der Waals surface area contributed by atoms with Crippen molar-refractivity contribution in [2.75, 3.05) is 0 Å². The molecule has 3 aromatic rings. The van der Waals surface area contributed by atoms with Gasteiger partial charge in [0.25, 0.3) is 0 Å². The van der Waals surface area contributed by atoms with Gasteiger partial charge in [0.1, 0.15) is 4.95 Å². The molecule has 0 aliphatic rings. The predicted octanol–water partition coefficient (Wildman–Crippen LogP) is 5.40. The van der Waals surface area contributed by atoms with Crippen molar-refractivity contribution in [1.82, 2.24) is 4.57 Å². The highest BCUT2D eigenvalue weighted by atomic mass is 79.9. The summed E-state index contributed by atoms with van der Waals surface area (Å²) >= 11 is 7.59. The summed E-state index contributed by atoms with van der Waals surface area (Å²) in [6.07, 6.45) is 1.97. The van der Waals surface area contributed by atoms with Crippen LogP contribution in [0, 0.1) is 0 Å². The lowest BCUT2D eigenvalue weighted by molar-refractivity contribution is 0.100. The molecule has 0 saturated carbocycles. The number of aromatic nitrogens is 1. The highest BCUT2D eigenvalue weighted by molar-refractivity contribution is 9.10. The molecule has 0 bridgehead atoms. The van der Waals surface area contributed by atoms with Gasteiger partial charge in [0, 0.05) is 21.1 Å². The van der Waals surface area contributed by atoms with Crippen LogP contribution in [0.1, 0.15) is 39.9 Å². The summed E-state index contributed by atoms with van der Waals surface area (Å²) in [6, 6.07) is 15.8. The van der Waals surface area contributed by atoms with Gasteiger partial charge in [0.15, 0.2) is 0 Å². The predicted molar refractivity (Wildman–Crippen MR) is 106 cm³/mol. The quantitative estimate of drug-likeness (QED) is 0.521. The van der Waals surface area contributed by atoms with E-state index in [2.05, 4.69) is 55.5 Å². The van der Waals surface area contributed by atoms with Crippen molar-refractivity contribution >= 4 is 48.7 Å². The van der Waals surface area contributed by atoms with Crippen molar-refractivity contribution in [2.45, 2.75) is 24.7 Å². The number of nitrogens with zero attached hydrogens (tertiary/aromatic N) is 1. The van der Waals surface area contributed by atoms with E-state index in [1.54, 1.807) is 6.07 Å². The van der Waals surface area contributed by atoms with E-state index in [1.807, 2.05) is 30.3 Å².